The van der Waals surface area contributed by atoms with Gasteiger partial charge in [0.2, 0.25) is 0 Å². The van der Waals surface area contributed by atoms with E-state index in [1.807, 2.05) is 11.1 Å². The minimum absolute atomic E-state index is 0.180. The second-order valence-electron chi connectivity index (χ2n) is 5.79. The van der Waals surface area contributed by atoms with Crippen molar-refractivity contribution in [3.63, 3.8) is 0 Å². The first-order valence-electron chi connectivity index (χ1n) is 7.43. The molecule has 1 aliphatic rings. The van der Waals surface area contributed by atoms with Crippen molar-refractivity contribution in [2.45, 2.75) is 25.7 Å². The Kier molecular flexibility index (Phi) is 4.25. The highest BCUT2D eigenvalue weighted by molar-refractivity contribution is 5.41. The summed E-state index contributed by atoms with van der Waals surface area (Å²) in [5.74, 6) is 0.591. The third-order valence-electron chi connectivity index (χ3n) is 4.04. The van der Waals surface area contributed by atoms with Crippen LogP contribution in [0.15, 0.2) is 30.7 Å². The highest BCUT2D eigenvalue weighted by atomic mass is 19.4. The van der Waals surface area contributed by atoms with Crippen LogP contribution in [0, 0.1) is 0 Å². The first-order valence-corrected chi connectivity index (χ1v) is 7.43. The molecule has 0 saturated carbocycles. The van der Waals surface area contributed by atoms with Crippen molar-refractivity contribution in [2.24, 2.45) is 0 Å². The van der Waals surface area contributed by atoms with Gasteiger partial charge >= 0.3 is 6.18 Å². The Bertz CT molecular complexity index is 624. The Labute approximate surface area is 132 Å². The lowest BCUT2D eigenvalue weighted by Gasteiger charge is -2.40. The van der Waals surface area contributed by atoms with E-state index in [1.54, 1.807) is 6.20 Å². The molecule has 1 N–H and O–H groups in total. The summed E-state index contributed by atoms with van der Waals surface area (Å²) in [4.78, 5) is 8.34. The number of nitrogens with zero attached hydrogens (tertiary/aromatic N) is 4. The zero-order chi connectivity index (χ0) is 16.4. The second-order valence-corrected chi connectivity index (χ2v) is 5.79. The maximum absolute atomic E-state index is 12.6. The Morgan fingerprint density at radius 1 is 1.26 bits per heavy atom. The first kappa shape index (κ1) is 15.8. The lowest BCUT2D eigenvalue weighted by atomic mass is 10.1. The first-order chi connectivity index (χ1) is 10.9. The van der Waals surface area contributed by atoms with Crippen LogP contribution < -0.4 is 4.90 Å². The largest absolute Gasteiger partial charge is 0.417 e. The molecular weight excluding hydrogens is 307 g/mol. The fourth-order valence-electron chi connectivity index (χ4n) is 2.86. The van der Waals surface area contributed by atoms with E-state index in [2.05, 4.69) is 27.0 Å². The van der Waals surface area contributed by atoms with Gasteiger partial charge in [0.1, 0.15) is 5.82 Å². The van der Waals surface area contributed by atoms with E-state index in [0.717, 1.165) is 44.0 Å². The molecule has 5 nitrogen and oxygen atoms in total. The van der Waals surface area contributed by atoms with Crippen LogP contribution in [0.3, 0.4) is 0 Å². The summed E-state index contributed by atoms with van der Waals surface area (Å²) in [6.45, 7) is 5.26. The van der Waals surface area contributed by atoms with E-state index in [0.29, 0.717) is 5.82 Å². The molecule has 0 bridgehead atoms. The zero-order valence-corrected chi connectivity index (χ0v) is 12.7. The van der Waals surface area contributed by atoms with E-state index in [1.165, 1.54) is 6.07 Å². The summed E-state index contributed by atoms with van der Waals surface area (Å²) in [7, 11) is 0. The lowest BCUT2D eigenvalue weighted by Crippen LogP contribution is -2.51. The van der Waals surface area contributed by atoms with Gasteiger partial charge in [-0.05, 0) is 19.1 Å². The van der Waals surface area contributed by atoms with Gasteiger partial charge in [-0.25, -0.2) is 4.98 Å². The second kappa shape index (κ2) is 6.19. The van der Waals surface area contributed by atoms with Gasteiger partial charge in [0.15, 0.2) is 0 Å². The molecule has 1 fully saturated rings. The molecule has 3 heterocycles. The van der Waals surface area contributed by atoms with Crippen molar-refractivity contribution in [3.05, 3.63) is 41.9 Å². The zero-order valence-electron chi connectivity index (χ0n) is 12.7. The highest BCUT2D eigenvalue weighted by Crippen LogP contribution is 2.30. The fourth-order valence-corrected chi connectivity index (χ4v) is 2.86. The van der Waals surface area contributed by atoms with Gasteiger partial charge in [0, 0.05) is 50.2 Å². The lowest BCUT2D eigenvalue weighted by molar-refractivity contribution is -0.137. The molecule has 3 rings (SSSR count). The highest BCUT2D eigenvalue weighted by Gasteiger charge is 2.31. The number of piperazine rings is 1. The van der Waals surface area contributed by atoms with Crippen molar-refractivity contribution in [1.82, 2.24) is 20.1 Å². The molecule has 2 aromatic rings. The summed E-state index contributed by atoms with van der Waals surface area (Å²) < 4.78 is 37.8. The summed E-state index contributed by atoms with van der Waals surface area (Å²) in [6, 6.07) is 2.72. The number of hydrogen-bond donors (Lipinski definition) is 1. The number of anilines is 1. The van der Waals surface area contributed by atoms with Crippen molar-refractivity contribution in [2.75, 3.05) is 24.5 Å². The molecule has 0 aliphatic carbocycles. The SMILES string of the molecule is CC1CN(Cc2cn[nH]c2)CCN1c1ccc(C(F)(F)F)cn1. The summed E-state index contributed by atoms with van der Waals surface area (Å²) >= 11 is 0. The summed E-state index contributed by atoms with van der Waals surface area (Å²) in [6.07, 6.45) is 0.225. The topological polar surface area (TPSA) is 48.1 Å². The van der Waals surface area contributed by atoms with Crippen molar-refractivity contribution < 1.29 is 13.2 Å². The van der Waals surface area contributed by atoms with Gasteiger partial charge in [-0.1, -0.05) is 0 Å². The van der Waals surface area contributed by atoms with Gasteiger partial charge in [-0.15, -0.1) is 0 Å². The van der Waals surface area contributed by atoms with Crippen LogP contribution in [0.2, 0.25) is 0 Å². The normalized spacial score (nSPS) is 20.0. The molecule has 0 aromatic carbocycles. The molecule has 8 heteroatoms. The van der Waals surface area contributed by atoms with Crippen molar-refractivity contribution in [1.29, 1.82) is 0 Å². The van der Waals surface area contributed by atoms with Crippen LogP contribution in [-0.2, 0) is 12.7 Å². The monoisotopic (exact) mass is 325 g/mol. The molecule has 2 aromatic heterocycles. The molecule has 1 atom stereocenters. The third-order valence-corrected chi connectivity index (χ3v) is 4.04. The summed E-state index contributed by atoms with van der Waals surface area (Å²) in [5, 5.41) is 6.73. The predicted molar refractivity (Wildman–Crippen MR) is 79.9 cm³/mol. The van der Waals surface area contributed by atoms with E-state index in [-0.39, 0.29) is 6.04 Å². The fraction of sp³-hybridized carbons (Fsp3) is 0.467. The number of pyridine rings is 1. The van der Waals surface area contributed by atoms with E-state index in [4.69, 9.17) is 0 Å². The number of aromatic nitrogens is 3. The van der Waals surface area contributed by atoms with Crippen LogP contribution in [-0.4, -0.2) is 45.8 Å². The molecule has 0 radical (unpaired) electrons. The molecule has 23 heavy (non-hydrogen) atoms. The maximum atomic E-state index is 12.6. The van der Waals surface area contributed by atoms with Crippen LogP contribution in [0.4, 0.5) is 19.0 Å². The predicted octanol–water partition coefficient (Wildman–Crippen LogP) is 2.53. The number of H-pyrrole nitrogens is 1. The number of aromatic amines is 1. The average Bonchev–Trinajstić information content (AvgIpc) is 3.00. The Balaban J connectivity index is 1.64. The van der Waals surface area contributed by atoms with Crippen LogP contribution in [0.25, 0.3) is 0 Å². The number of rotatable bonds is 3. The molecule has 0 amide bonds. The number of hydrogen-bond acceptors (Lipinski definition) is 4. The van der Waals surface area contributed by atoms with Gasteiger partial charge in [-0.3, -0.25) is 10.00 Å². The average molecular weight is 325 g/mol. The molecule has 1 unspecified atom stereocenters. The quantitative estimate of drug-likeness (QED) is 0.942. The van der Waals surface area contributed by atoms with Gasteiger partial charge in [0.25, 0.3) is 0 Å². The van der Waals surface area contributed by atoms with Gasteiger partial charge < -0.3 is 4.90 Å². The number of halogens is 3. The Morgan fingerprint density at radius 3 is 2.65 bits per heavy atom. The third kappa shape index (κ3) is 3.64. The number of alkyl halides is 3. The Morgan fingerprint density at radius 2 is 2.09 bits per heavy atom. The van der Waals surface area contributed by atoms with Gasteiger partial charge in [0.05, 0.1) is 11.8 Å². The maximum Gasteiger partial charge on any atom is 0.417 e. The van der Waals surface area contributed by atoms with E-state index >= 15 is 0 Å². The van der Waals surface area contributed by atoms with Crippen LogP contribution >= 0.6 is 0 Å². The molecule has 0 spiro atoms. The minimum Gasteiger partial charge on any atom is -0.351 e. The molecular formula is C15H18F3N5. The van der Waals surface area contributed by atoms with Gasteiger partial charge in [-0.2, -0.15) is 18.3 Å². The van der Waals surface area contributed by atoms with Crippen molar-refractivity contribution >= 4 is 5.82 Å². The molecule has 1 aliphatic heterocycles. The van der Waals surface area contributed by atoms with E-state index < -0.39 is 11.7 Å². The molecule has 124 valence electrons. The standard InChI is InChI=1S/C15H18F3N5/c1-11-9-22(10-12-6-20-21-7-12)4-5-23(11)14-3-2-13(8-19-14)15(16,17)18/h2-3,6-8,11H,4-5,9-10H2,1H3,(H,20,21). The van der Waals surface area contributed by atoms with Crippen LogP contribution in [0.5, 0.6) is 0 Å². The Hall–Kier alpha value is -2.09. The molecule has 1 saturated heterocycles. The summed E-state index contributed by atoms with van der Waals surface area (Å²) in [5.41, 5.74) is 0.408. The van der Waals surface area contributed by atoms with Crippen LogP contribution in [0.1, 0.15) is 18.1 Å². The number of nitrogens with one attached hydrogen (secondary N) is 1. The smallest absolute Gasteiger partial charge is 0.351 e. The minimum atomic E-state index is -4.35. The van der Waals surface area contributed by atoms with Crippen molar-refractivity contribution in [3.8, 4) is 0 Å². The van der Waals surface area contributed by atoms with E-state index in [9.17, 15) is 13.2 Å².